The summed E-state index contributed by atoms with van der Waals surface area (Å²) in [6, 6.07) is 12.0. The summed E-state index contributed by atoms with van der Waals surface area (Å²) >= 11 is 5.97. The molecule has 0 aliphatic carbocycles. The number of ether oxygens (including phenoxy) is 3. The van der Waals surface area contributed by atoms with Crippen LogP contribution in [0.1, 0.15) is 12.5 Å². The van der Waals surface area contributed by atoms with E-state index in [0.29, 0.717) is 40.1 Å². The number of hydrogen-bond acceptors (Lipinski definition) is 5. The van der Waals surface area contributed by atoms with Crippen molar-refractivity contribution in [3.05, 3.63) is 82.5 Å². The van der Waals surface area contributed by atoms with E-state index >= 15 is 0 Å². The van der Waals surface area contributed by atoms with Crippen molar-refractivity contribution in [2.75, 3.05) is 25.7 Å². The third-order valence-corrected chi connectivity index (χ3v) is 4.98. The third-order valence-electron chi connectivity index (χ3n) is 4.73. The van der Waals surface area contributed by atoms with Crippen molar-refractivity contribution in [1.82, 2.24) is 0 Å². The minimum Gasteiger partial charge on any atom is -0.493 e. The average Bonchev–Trinajstić information content (AvgIpc) is 3.02. The Morgan fingerprint density at radius 2 is 1.84 bits per heavy atom. The molecule has 2 aromatic rings. The molecule has 160 valence electrons. The maximum absolute atomic E-state index is 13.3. The molecule has 0 saturated carbocycles. The topological polar surface area (TPSA) is 65.1 Å². The summed E-state index contributed by atoms with van der Waals surface area (Å²) in [6.45, 7) is 5.66. The Labute approximate surface area is 186 Å². The van der Waals surface area contributed by atoms with Gasteiger partial charge in [-0.2, -0.15) is 0 Å². The summed E-state index contributed by atoms with van der Waals surface area (Å²) in [7, 11) is 2.81. The first-order chi connectivity index (χ1) is 14.9. The zero-order valence-corrected chi connectivity index (χ0v) is 18.2. The van der Waals surface area contributed by atoms with Gasteiger partial charge in [0.25, 0.3) is 5.91 Å². The lowest BCUT2D eigenvalue weighted by Gasteiger charge is -2.18. The molecule has 1 amide bonds. The van der Waals surface area contributed by atoms with Crippen LogP contribution in [0.15, 0.2) is 72.0 Å². The lowest BCUT2D eigenvalue weighted by molar-refractivity contribution is -0.136. The molecule has 0 saturated heterocycles. The van der Waals surface area contributed by atoms with Gasteiger partial charge in [0.05, 0.1) is 25.4 Å². The predicted octanol–water partition coefficient (Wildman–Crippen LogP) is 4.79. The maximum atomic E-state index is 13.3. The molecule has 0 N–H and O–H groups in total. The molecule has 2 aromatic carbocycles. The number of allylic oxidation sites excluding steroid dienone is 1. The molecule has 0 fully saturated rings. The molecule has 31 heavy (non-hydrogen) atoms. The van der Waals surface area contributed by atoms with Gasteiger partial charge in [-0.1, -0.05) is 30.3 Å². The van der Waals surface area contributed by atoms with Crippen molar-refractivity contribution in [1.29, 1.82) is 0 Å². The van der Waals surface area contributed by atoms with Gasteiger partial charge in [0.1, 0.15) is 6.61 Å². The first kappa shape index (κ1) is 22.2. The van der Waals surface area contributed by atoms with Crippen LogP contribution in [0.2, 0.25) is 5.02 Å². The van der Waals surface area contributed by atoms with Crippen LogP contribution in [0, 0.1) is 0 Å². The van der Waals surface area contributed by atoms with Gasteiger partial charge in [-0.15, -0.1) is 0 Å². The van der Waals surface area contributed by atoms with E-state index in [1.165, 1.54) is 19.1 Å². The number of carbonyl (C=O) groups is 2. The Kier molecular flexibility index (Phi) is 6.82. The average molecular weight is 440 g/mol. The quantitative estimate of drug-likeness (QED) is 0.352. The van der Waals surface area contributed by atoms with E-state index in [2.05, 4.69) is 6.58 Å². The second-order valence-corrected chi connectivity index (χ2v) is 7.07. The van der Waals surface area contributed by atoms with Crippen molar-refractivity contribution < 1.29 is 23.8 Å². The number of halogens is 1. The van der Waals surface area contributed by atoms with Gasteiger partial charge in [-0.05, 0) is 55.0 Å². The highest BCUT2D eigenvalue weighted by Gasteiger charge is 2.37. The largest absolute Gasteiger partial charge is 0.493 e. The van der Waals surface area contributed by atoms with E-state index in [9.17, 15) is 9.59 Å². The van der Waals surface area contributed by atoms with E-state index in [-0.39, 0.29) is 17.1 Å². The summed E-state index contributed by atoms with van der Waals surface area (Å²) < 4.78 is 15.9. The third kappa shape index (κ3) is 4.49. The fourth-order valence-electron chi connectivity index (χ4n) is 3.29. The second-order valence-electron chi connectivity index (χ2n) is 6.64. The van der Waals surface area contributed by atoms with Crippen LogP contribution in [0.25, 0.3) is 6.08 Å². The second kappa shape index (κ2) is 9.53. The highest BCUT2D eigenvalue weighted by molar-refractivity contribution is 6.30. The molecular formula is C24H22ClNO5. The standard InChI is InChI=1S/C24H22ClNO5/c1-5-12-31-20-11-6-16(14-21(20)29-3)13-19-22(24(28)30-4)15(2)26(23(19)27)18-9-7-17(25)8-10-18/h5-11,13-14H,1,12H2,2-4H3/b19-13-. The van der Waals surface area contributed by atoms with Crippen LogP contribution >= 0.6 is 11.6 Å². The molecule has 1 aliphatic heterocycles. The number of nitrogens with zero attached hydrogens (tertiary/aromatic N) is 1. The first-order valence-electron chi connectivity index (χ1n) is 9.44. The van der Waals surface area contributed by atoms with Gasteiger partial charge >= 0.3 is 5.97 Å². The highest BCUT2D eigenvalue weighted by atomic mass is 35.5. The van der Waals surface area contributed by atoms with Crippen LogP contribution in [0.3, 0.4) is 0 Å². The van der Waals surface area contributed by atoms with E-state index in [1.807, 2.05) is 0 Å². The summed E-state index contributed by atoms with van der Waals surface area (Å²) in [6.07, 6.45) is 3.27. The minimum absolute atomic E-state index is 0.202. The summed E-state index contributed by atoms with van der Waals surface area (Å²) in [5.74, 6) is 0.110. The van der Waals surface area contributed by atoms with Crippen molar-refractivity contribution in [2.24, 2.45) is 0 Å². The number of methoxy groups -OCH3 is 2. The lowest BCUT2D eigenvalue weighted by atomic mass is 10.0. The Morgan fingerprint density at radius 1 is 1.13 bits per heavy atom. The monoisotopic (exact) mass is 439 g/mol. The van der Waals surface area contributed by atoms with Crippen LogP contribution in [0.5, 0.6) is 11.5 Å². The Bertz CT molecular complexity index is 1090. The fraction of sp³-hybridized carbons (Fsp3) is 0.167. The van der Waals surface area contributed by atoms with Gasteiger partial charge in [0, 0.05) is 16.4 Å². The van der Waals surface area contributed by atoms with E-state index < -0.39 is 5.97 Å². The number of benzene rings is 2. The lowest BCUT2D eigenvalue weighted by Crippen LogP contribution is -2.24. The van der Waals surface area contributed by atoms with Crippen molar-refractivity contribution in [3.63, 3.8) is 0 Å². The molecule has 0 unspecified atom stereocenters. The molecule has 0 spiro atoms. The maximum Gasteiger partial charge on any atom is 0.340 e. The Balaban J connectivity index is 2.07. The summed E-state index contributed by atoms with van der Waals surface area (Å²) in [5.41, 5.74) is 2.17. The number of anilines is 1. The van der Waals surface area contributed by atoms with Crippen molar-refractivity contribution in [3.8, 4) is 11.5 Å². The molecule has 0 aromatic heterocycles. The zero-order valence-electron chi connectivity index (χ0n) is 17.5. The number of esters is 1. The number of hydrogen-bond donors (Lipinski definition) is 0. The SMILES string of the molecule is C=CCOc1ccc(/C=C2\C(=O)N(c3ccc(Cl)cc3)C(C)=C2C(=O)OC)cc1OC. The summed E-state index contributed by atoms with van der Waals surface area (Å²) in [5, 5.41) is 0.548. The van der Waals surface area contributed by atoms with Gasteiger partial charge < -0.3 is 14.2 Å². The molecule has 1 heterocycles. The molecule has 7 heteroatoms. The summed E-state index contributed by atoms with van der Waals surface area (Å²) in [4.78, 5) is 27.3. The van der Waals surface area contributed by atoms with E-state index in [4.69, 9.17) is 25.8 Å². The number of rotatable bonds is 7. The molecule has 3 rings (SSSR count). The minimum atomic E-state index is -0.591. The molecule has 1 aliphatic rings. The smallest absolute Gasteiger partial charge is 0.340 e. The zero-order chi connectivity index (χ0) is 22.5. The molecular weight excluding hydrogens is 418 g/mol. The highest BCUT2D eigenvalue weighted by Crippen LogP contribution is 2.37. The molecule has 6 nitrogen and oxygen atoms in total. The van der Waals surface area contributed by atoms with Gasteiger partial charge in [-0.25, -0.2) is 4.79 Å². The molecule has 0 bridgehead atoms. The normalized spacial score (nSPS) is 14.8. The van der Waals surface area contributed by atoms with Gasteiger partial charge in [-0.3, -0.25) is 9.69 Å². The van der Waals surface area contributed by atoms with Crippen molar-refractivity contribution >= 4 is 35.2 Å². The van der Waals surface area contributed by atoms with Gasteiger partial charge in [0.2, 0.25) is 0 Å². The predicted molar refractivity (Wildman–Crippen MR) is 120 cm³/mol. The van der Waals surface area contributed by atoms with Crippen LogP contribution in [-0.2, 0) is 14.3 Å². The number of carbonyl (C=O) groups excluding carboxylic acids is 2. The Morgan fingerprint density at radius 3 is 2.45 bits per heavy atom. The number of amides is 1. The van der Waals surface area contributed by atoms with Crippen LogP contribution < -0.4 is 14.4 Å². The first-order valence-corrected chi connectivity index (χ1v) is 9.82. The van der Waals surface area contributed by atoms with E-state index in [1.54, 1.807) is 61.5 Å². The van der Waals surface area contributed by atoms with Crippen molar-refractivity contribution in [2.45, 2.75) is 6.92 Å². The Hall–Kier alpha value is -3.51. The van der Waals surface area contributed by atoms with Crippen LogP contribution in [0.4, 0.5) is 5.69 Å². The fourth-order valence-corrected chi connectivity index (χ4v) is 3.42. The molecule has 0 radical (unpaired) electrons. The van der Waals surface area contributed by atoms with E-state index in [0.717, 1.165) is 0 Å². The van der Waals surface area contributed by atoms with Crippen LogP contribution in [-0.4, -0.2) is 32.7 Å². The molecule has 0 atom stereocenters. The van der Waals surface area contributed by atoms with Gasteiger partial charge in [0.15, 0.2) is 11.5 Å².